The number of carbonyl (C=O) groups is 1. The van der Waals surface area contributed by atoms with Crippen molar-refractivity contribution in [3.63, 3.8) is 0 Å². The van der Waals surface area contributed by atoms with Crippen LogP contribution in [0.25, 0.3) is 0 Å². The van der Waals surface area contributed by atoms with E-state index in [9.17, 15) is 9.00 Å². The van der Waals surface area contributed by atoms with E-state index in [4.69, 9.17) is 0 Å². The monoisotopic (exact) mass is 320 g/mol. The van der Waals surface area contributed by atoms with Crippen molar-refractivity contribution in [2.75, 3.05) is 19.8 Å². The minimum Gasteiger partial charge on any atom is -0.338 e. The zero-order chi connectivity index (χ0) is 15.9. The number of carbonyl (C=O) groups excluding carboxylic acids is 1. The molecular weight excluding hydrogens is 296 g/mol. The minimum absolute atomic E-state index is 0.0438. The van der Waals surface area contributed by atoms with E-state index in [0.29, 0.717) is 12.5 Å². The molecule has 2 rings (SSSR count). The van der Waals surface area contributed by atoms with Gasteiger partial charge in [0.25, 0.3) is 0 Å². The van der Waals surface area contributed by atoms with Crippen LogP contribution >= 0.6 is 0 Å². The highest BCUT2D eigenvalue weighted by molar-refractivity contribution is 7.84. The van der Waals surface area contributed by atoms with Crippen molar-refractivity contribution in [1.82, 2.24) is 10.2 Å². The van der Waals surface area contributed by atoms with Gasteiger partial charge in [-0.15, -0.1) is 0 Å². The lowest BCUT2D eigenvalue weighted by molar-refractivity contribution is 0.204. The molecule has 1 aromatic carbocycles. The van der Waals surface area contributed by atoms with E-state index in [0.717, 1.165) is 36.3 Å². The fraction of sp³-hybridized carbons (Fsp3) is 0.471. The zero-order valence-corrected chi connectivity index (χ0v) is 14.1. The number of rotatable bonds is 5. The standard InChI is InChI=1S/C17H24N2O2S/c1-19(13-15-8-10-16(11-9-15)22(2)21)17(20)18-12-14-6-4-3-5-7-14/h3-4,8-11,14H,5-7,12-13H2,1-2H3,(H,18,20)/t14-,22-/m1/s1. The smallest absolute Gasteiger partial charge is 0.317 e. The molecule has 1 N–H and O–H groups in total. The number of hydrogen-bond donors (Lipinski definition) is 1. The molecule has 0 heterocycles. The van der Waals surface area contributed by atoms with Gasteiger partial charge in [0.2, 0.25) is 0 Å². The molecule has 0 spiro atoms. The molecule has 22 heavy (non-hydrogen) atoms. The Hall–Kier alpha value is -1.62. The SMILES string of the molecule is CN(Cc1ccc([S@@](C)=O)cc1)C(=O)NC[C@@H]1CC=CCC1. The first-order valence-electron chi connectivity index (χ1n) is 7.62. The number of nitrogens with zero attached hydrogens (tertiary/aromatic N) is 1. The summed E-state index contributed by atoms with van der Waals surface area (Å²) >= 11 is 0. The number of hydrogen-bond acceptors (Lipinski definition) is 2. The predicted molar refractivity (Wildman–Crippen MR) is 90.1 cm³/mol. The highest BCUT2D eigenvalue weighted by Crippen LogP contribution is 2.17. The fourth-order valence-electron chi connectivity index (χ4n) is 2.54. The summed E-state index contributed by atoms with van der Waals surface area (Å²) < 4.78 is 11.4. The van der Waals surface area contributed by atoms with Crippen molar-refractivity contribution in [3.05, 3.63) is 42.0 Å². The Balaban J connectivity index is 1.80. The van der Waals surface area contributed by atoms with Gasteiger partial charge in [0.05, 0.1) is 0 Å². The fourth-order valence-corrected chi connectivity index (χ4v) is 3.06. The van der Waals surface area contributed by atoms with Crippen LogP contribution in [0.4, 0.5) is 4.79 Å². The number of benzene rings is 1. The molecule has 0 aliphatic heterocycles. The first kappa shape index (κ1) is 16.7. The molecule has 1 aliphatic carbocycles. The highest BCUT2D eigenvalue weighted by atomic mass is 32.2. The lowest BCUT2D eigenvalue weighted by Gasteiger charge is -2.22. The van der Waals surface area contributed by atoms with Gasteiger partial charge >= 0.3 is 6.03 Å². The predicted octanol–water partition coefficient (Wildman–Crippen LogP) is 2.92. The Morgan fingerprint density at radius 1 is 1.32 bits per heavy atom. The summed E-state index contributed by atoms with van der Waals surface area (Å²) in [5.41, 5.74) is 1.03. The van der Waals surface area contributed by atoms with E-state index in [-0.39, 0.29) is 6.03 Å². The second-order valence-corrected chi connectivity index (χ2v) is 7.17. The van der Waals surface area contributed by atoms with Gasteiger partial charge in [-0.1, -0.05) is 24.3 Å². The highest BCUT2D eigenvalue weighted by Gasteiger charge is 2.13. The van der Waals surface area contributed by atoms with E-state index in [1.54, 1.807) is 18.2 Å². The Bertz CT molecular complexity index is 554. The molecule has 0 unspecified atom stereocenters. The number of amides is 2. The quantitative estimate of drug-likeness (QED) is 0.848. The van der Waals surface area contributed by atoms with Gasteiger partial charge in [-0.05, 0) is 42.9 Å². The van der Waals surface area contributed by atoms with Crippen LogP contribution in [0.1, 0.15) is 24.8 Å². The van der Waals surface area contributed by atoms with Crippen LogP contribution < -0.4 is 5.32 Å². The summed E-state index contributed by atoms with van der Waals surface area (Å²) in [4.78, 5) is 14.6. The summed E-state index contributed by atoms with van der Waals surface area (Å²) in [5.74, 6) is 0.557. The maximum atomic E-state index is 12.1. The Labute approximate surface area is 135 Å². The maximum Gasteiger partial charge on any atom is 0.317 e. The molecule has 0 saturated heterocycles. The van der Waals surface area contributed by atoms with Crippen LogP contribution in [0.15, 0.2) is 41.3 Å². The maximum absolute atomic E-state index is 12.1. The molecular formula is C17H24N2O2S. The van der Waals surface area contributed by atoms with Gasteiger partial charge in [0.15, 0.2) is 0 Å². The van der Waals surface area contributed by atoms with Gasteiger partial charge in [-0.25, -0.2) is 4.79 Å². The molecule has 0 radical (unpaired) electrons. The van der Waals surface area contributed by atoms with Crippen LogP contribution in [0, 0.1) is 5.92 Å². The van der Waals surface area contributed by atoms with E-state index < -0.39 is 10.8 Å². The third-order valence-corrected chi connectivity index (χ3v) is 4.88. The summed E-state index contributed by atoms with van der Waals surface area (Å²) in [6, 6.07) is 7.51. The first-order chi connectivity index (χ1) is 10.6. The normalized spacial score (nSPS) is 18.7. The average Bonchev–Trinajstić information content (AvgIpc) is 2.54. The Morgan fingerprint density at radius 3 is 2.64 bits per heavy atom. The molecule has 4 nitrogen and oxygen atoms in total. The summed E-state index contributed by atoms with van der Waals surface area (Å²) in [7, 11) is 0.830. The lowest BCUT2D eigenvalue weighted by atomic mass is 9.94. The molecule has 1 aliphatic rings. The molecule has 5 heteroatoms. The van der Waals surface area contributed by atoms with Crippen molar-refractivity contribution in [2.45, 2.75) is 30.7 Å². The van der Waals surface area contributed by atoms with Gasteiger partial charge in [-0.3, -0.25) is 4.21 Å². The van der Waals surface area contributed by atoms with E-state index in [2.05, 4.69) is 17.5 Å². The molecule has 1 aromatic rings. The molecule has 2 amide bonds. The van der Waals surface area contributed by atoms with Crippen LogP contribution in [-0.4, -0.2) is 35.0 Å². The molecule has 0 aromatic heterocycles. The summed E-state index contributed by atoms with van der Waals surface area (Å²) in [5, 5.41) is 3.01. The van der Waals surface area contributed by atoms with Gasteiger partial charge < -0.3 is 10.2 Å². The van der Waals surface area contributed by atoms with E-state index >= 15 is 0 Å². The zero-order valence-electron chi connectivity index (χ0n) is 13.2. The van der Waals surface area contributed by atoms with Crippen molar-refractivity contribution >= 4 is 16.8 Å². The molecule has 0 bridgehead atoms. The number of allylic oxidation sites excluding steroid dienone is 2. The van der Waals surface area contributed by atoms with Crippen molar-refractivity contribution in [3.8, 4) is 0 Å². The van der Waals surface area contributed by atoms with Crippen molar-refractivity contribution in [1.29, 1.82) is 0 Å². The molecule has 2 atom stereocenters. The second kappa shape index (κ2) is 8.13. The van der Waals surface area contributed by atoms with Gasteiger partial charge in [-0.2, -0.15) is 0 Å². The van der Waals surface area contributed by atoms with E-state index in [1.165, 1.54) is 0 Å². The summed E-state index contributed by atoms with van der Waals surface area (Å²) in [6.45, 7) is 1.29. The molecule has 0 fully saturated rings. The van der Waals surface area contributed by atoms with Crippen LogP contribution in [0.5, 0.6) is 0 Å². The van der Waals surface area contributed by atoms with Gasteiger partial charge in [0, 0.05) is 42.1 Å². The number of nitrogens with one attached hydrogen (secondary N) is 1. The topological polar surface area (TPSA) is 49.4 Å². The Morgan fingerprint density at radius 2 is 2.05 bits per heavy atom. The van der Waals surface area contributed by atoms with Crippen molar-refractivity contribution < 1.29 is 9.00 Å². The van der Waals surface area contributed by atoms with Crippen LogP contribution in [0.2, 0.25) is 0 Å². The van der Waals surface area contributed by atoms with Gasteiger partial charge in [0.1, 0.15) is 0 Å². The van der Waals surface area contributed by atoms with Crippen LogP contribution in [0.3, 0.4) is 0 Å². The number of urea groups is 1. The Kier molecular flexibility index (Phi) is 6.19. The third-order valence-electron chi connectivity index (χ3n) is 3.94. The first-order valence-corrected chi connectivity index (χ1v) is 9.18. The minimum atomic E-state index is -0.963. The van der Waals surface area contributed by atoms with E-state index in [1.807, 2.05) is 24.3 Å². The lowest BCUT2D eigenvalue weighted by Crippen LogP contribution is -2.39. The molecule has 120 valence electrons. The summed E-state index contributed by atoms with van der Waals surface area (Å²) in [6.07, 6.45) is 9.38. The van der Waals surface area contributed by atoms with Crippen molar-refractivity contribution in [2.24, 2.45) is 5.92 Å². The average molecular weight is 320 g/mol. The third kappa shape index (κ3) is 4.98. The second-order valence-electron chi connectivity index (χ2n) is 5.79. The van der Waals surface area contributed by atoms with Crippen LogP contribution in [-0.2, 0) is 17.3 Å². The molecule has 0 saturated carbocycles. The largest absolute Gasteiger partial charge is 0.338 e.